The molecule has 0 unspecified atom stereocenters. The zero-order valence-corrected chi connectivity index (χ0v) is 14.8. The van der Waals surface area contributed by atoms with Crippen LogP contribution < -0.4 is 10.2 Å². The molecule has 136 valence electrons. The van der Waals surface area contributed by atoms with Gasteiger partial charge < -0.3 is 19.9 Å². The smallest absolute Gasteiger partial charge is 0.249 e. The number of rotatable bonds is 3. The van der Waals surface area contributed by atoms with Crippen molar-refractivity contribution in [1.82, 2.24) is 20.2 Å². The number of carbonyl (C=O) groups excluding carboxylic acids is 1. The minimum Gasteiger partial charge on any atom is -0.363 e. The Labute approximate surface area is 148 Å². The maximum Gasteiger partial charge on any atom is 0.249 e. The van der Waals surface area contributed by atoms with Crippen LogP contribution in [-0.2, 0) is 9.53 Å². The van der Waals surface area contributed by atoms with Gasteiger partial charge in [0, 0.05) is 31.5 Å². The molecule has 3 aliphatic rings. The molecule has 0 spiro atoms. The van der Waals surface area contributed by atoms with Crippen molar-refractivity contribution in [3.8, 4) is 0 Å². The van der Waals surface area contributed by atoms with Crippen LogP contribution >= 0.6 is 0 Å². The van der Waals surface area contributed by atoms with Crippen molar-refractivity contribution in [2.75, 3.05) is 38.1 Å². The van der Waals surface area contributed by atoms with E-state index in [9.17, 15) is 4.79 Å². The molecule has 7 nitrogen and oxygen atoms in total. The Morgan fingerprint density at radius 3 is 2.72 bits per heavy atom. The number of anilines is 1. The molecule has 0 aliphatic carbocycles. The fraction of sp³-hybridized carbons (Fsp3) is 0.722. The number of nitrogens with zero attached hydrogens (tertiary/aromatic N) is 4. The lowest BCUT2D eigenvalue weighted by atomic mass is 9.91. The number of likely N-dealkylation sites (tertiary alicyclic amines) is 1. The lowest BCUT2D eigenvalue weighted by Crippen LogP contribution is -2.47. The molecule has 3 aliphatic heterocycles. The van der Waals surface area contributed by atoms with E-state index in [-0.39, 0.29) is 18.1 Å². The average Bonchev–Trinajstić information content (AvgIpc) is 3.08. The van der Waals surface area contributed by atoms with Gasteiger partial charge in [0.15, 0.2) is 0 Å². The zero-order valence-electron chi connectivity index (χ0n) is 14.8. The predicted octanol–water partition coefficient (Wildman–Crippen LogP) is 0.671. The van der Waals surface area contributed by atoms with Crippen molar-refractivity contribution in [2.45, 2.75) is 43.9 Å². The Balaban J connectivity index is 1.31. The van der Waals surface area contributed by atoms with Crippen LogP contribution in [0.4, 0.5) is 5.95 Å². The number of piperidine rings is 2. The summed E-state index contributed by atoms with van der Waals surface area (Å²) in [6.07, 6.45) is 7.26. The van der Waals surface area contributed by atoms with Crippen molar-refractivity contribution >= 4 is 11.9 Å². The van der Waals surface area contributed by atoms with Crippen molar-refractivity contribution in [3.05, 3.63) is 18.5 Å². The van der Waals surface area contributed by atoms with E-state index in [1.807, 2.05) is 6.07 Å². The Hall–Kier alpha value is -1.73. The van der Waals surface area contributed by atoms with Crippen LogP contribution in [0.25, 0.3) is 0 Å². The first-order valence-electron chi connectivity index (χ1n) is 9.35. The second kappa shape index (κ2) is 7.25. The van der Waals surface area contributed by atoms with E-state index in [2.05, 4.69) is 32.1 Å². The van der Waals surface area contributed by atoms with Gasteiger partial charge in [0.2, 0.25) is 11.9 Å². The first-order chi connectivity index (χ1) is 12.2. The molecule has 3 atom stereocenters. The second-order valence-electron chi connectivity index (χ2n) is 7.53. The number of aromatic nitrogens is 2. The first-order valence-corrected chi connectivity index (χ1v) is 9.35. The van der Waals surface area contributed by atoms with Gasteiger partial charge in [-0.05, 0) is 57.8 Å². The Morgan fingerprint density at radius 2 is 1.96 bits per heavy atom. The second-order valence-corrected chi connectivity index (χ2v) is 7.53. The SMILES string of the molecule is CN1CCC(NC(=O)[C@@H]2C[C@@H]3CCN(c4ncccn4)C[C@@H]3O2)CC1. The Morgan fingerprint density at radius 1 is 1.20 bits per heavy atom. The highest BCUT2D eigenvalue weighted by Crippen LogP contribution is 2.34. The largest absolute Gasteiger partial charge is 0.363 e. The standard InChI is InChI=1S/C18H27N5O2/c1-22-8-4-14(5-9-22)21-17(24)15-11-13-3-10-23(12-16(13)25-15)18-19-6-2-7-20-18/h2,6-7,13-16H,3-5,8-12H2,1H3,(H,21,24)/t13-,15-,16-/m0/s1. The molecule has 1 aromatic rings. The molecule has 0 radical (unpaired) electrons. The topological polar surface area (TPSA) is 70.6 Å². The molecule has 0 bridgehead atoms. The van der Waals surface area contributed by atoms with Crippen molar-refractivity contribution < 1.29 is 9.53 Å². The fourth-order valence-electron chi connectivity index (χ4n) is 4.18. The minimum absolute atomic E-state index is 0.0754. The quantitative estimate of drug-likeness (QED) is 0.868. The van der Waals surface area contributed by atoms with Crippen molar-refractivity contribution in [3.63, 3.8) is 0 Å². The minimum atomic E-state index is -0.300. The van der Waals surface area contributed by atoms with E-state index in [0.717, 1.165) is 57.8 Å². The third-order valence-electron chi connectivity index (χ3n) is 5.74. The molecule has 4 heterocycles. The summed E-state index contributed by atoms with van der Waals surface area (Å²) in [7, 11) is 2.13. The van der Waals surface area contributed by atoms with Gasteiger partial charge >= 0.3 is 0 Å². The summed E-state index contributed by atoms with van der Waals surface area (Å²) in [5, 5.41) is 3.21. The summed E-state index contributed by atoms with van der Waals surface area (Å²) in [5.41, 5.74) is 0. The molecular formula is C18H27N5O2. The Kier molecular flexibility index (Phi) is 4.85. The monoisotopic (exact) mass is 345 g/mol. The predicted molar refractivity (Wildman–Crippen MR) is 94.3 cm³/mol. The van der Waals surface area contributed by atoms with Gasteiger partial charge in [-0.15, -0.1) is 0 Å². The summed E-state index contributed by atoms with van der Waals surface area (Å²) >= 11 is 0. The third-order valence-corrected chi connectivity index (χ3v) is 5.74. The van der Waals surface area contributed by atoms with Crippen molar-refractivity contribution in [1.29, 1.82) is 0 Å². The van der Waals surface area contributed by atoms with Gasteiger partial charge in [-0.2, -0.15) is 0 Å². The number of nitrogens with one attached hydrogen (secondary N) is 1. The maximum atomic E-state index is 12.6. The number of ether oxygens (including phenoxy) is 1. The molecule has 1 N–H and O–H groups in total. The Bertz CT molecular complexity index is 590. The third kappa shape index (κ3) is 3.77. The number of amides is 1. The van der Waals surface area contributed by atoms with E-state index in [1.165, 1.54) is 0 Å². The molecule has 4 rings (SSSR count). The number of hydrogen-bond acceptors (Lipinski definition) is 6. The van der Waals surface area contributed by atoms with Crippen LogP contribution in [-0.4, -0.2) is 72.3 Å². The van der Waals surface area contributed by atoms with Crippen molar-refractivity contribution in [2.24, 2.45) is 5.92 Å². The van der Waals surface area contributed by atoms with Crippen LogP contribution in [0.15, 0.2) is 18.5 Å². The highest BCUT2D eigenvalue weighted by molar-refractivity contribution is 5.81. The average molecular weight is 345 g/mol. The number of carbonyl (C=O) groups is 1. The number of fused-ring (bicyclic) bond motifs is 1. The van der Waals surface area contributed by atoms with Crippen LogP contribution in [0.2, 0.25) is 0 Å². The van der Waals surface area contributed by atoms with E-state index in [0.29, 0.717) is 12.0 Å². The maximum absolute atomic E-state index is 12.6. The van der Waals surface area contributed by atoms with Crippen LogP contribution in [0.3, 0.4) is 0 Å². The van der Waals surface area contributed by atoms with Crippen LogP contribution in [0, 0.1) is 5.92 Å². The fourth-order valence-corrected chi connectivity index (χ4v) is 4.18. The van der Waals surface area contributed by atoms with Gasteiger partial charge in [0.1, 0.15) is 6.10 Å². The van der Waals surface area contributed by atoms with E-state index >= 15 is 0 Å². The van der Waals surface area contributed by atoms with E-state index in [4.69, 9.17) is 4.74 Å². The molecule has 7 heteroatoms. The molecule has 0 aromatic carbocycles. The highest BCUT2D eigenvalue weighted by atomic mass is 16.5. The zero-order chi connectivity index (χ0) is 17.2. The van der Waals surface area contributed by atoms with Gasteiger partial charge in [-0.25, -0.2) is 9.97 Å². The van der Waals surface area contributed by atoms with E-state index in [1.54, 1.807) is 12.4 Å². The lowest BCUT2D eigenvalue weighted by Gasteiger charge is -2.33. The summed E-state index contributed by atoms with van der Waals surface area (Å²) in [6, 6.07) is 2.12. The summed E-state index contributed by atoms with van der Waals surface area (Å²) in [6.45, 7) is 3.80. The summed E-state index contributed by atoms with van der Waals surface area (Å²) in [4.78, 5) is 25.7. The molecule has 3 saturated heterocycles. The first kappa shape index (κ1) is 16.7. The van der Waals surface area contributed by atoms with Gasteiger partial charge in [0.05, 0.1) is 6.10 Å². The molecule has 3 fully saturated rings. The summed E-state index contributed by atoms with van der Waals surface area (Å²) < 4.78 is 6.12. The molecule has 1 amide bonds. The summed E-state index contributed by atoms with van der Waals surface area (Å²) in [5.74, 6) is 1.29. The molecular weight excluding hydrogens is 318 g/mol. The normalized spacial score (nSPS) is 30.9. The van der Waals surface area contributed by atoms with Crippen LogP contribution in [0.5, 0.6) is 0 Å². The number of hydrogen-bond donors (Lipinski definition) is 1. The molecule has 1 aromatic heterocycles. The van der Waals surface area contributed by atoms with Crippen LogP contribution in [0.1, 0.15) is 25.7 Å². The molecule has 0 saturated carbocycles. The molecule has 25 heavy (non-hydrogen) atoms. The van der Waals surface area contributed by atoms with Gasteiger partial charge in [0.25, 0.3) is 0 Å². The van der Waals surface area contributed by atoms with Gasteiger partial charge in [-0.3, -0.25) is 4.79 Å². The lowest BCUT2D eigenvalue weighted by molar-refractivity contribution is -0.133. The van der Waals surface area contributed by atoms with E-state index < -0.39 is 0 Å². The highest BCUT2D eigenvalue weighted by Gasteiger charge is 2.42. The van der Waals surface area contributed by atoms with Gasteiger partial charge in [-0.1, -0.05) is 0 Å².